The predicted octanol–water partition coefficient (Wildman–Crippen LogP) is 2.00. The molecule has 0 saturated carbocycles. The smallest absolute Gasteiger partial charge is 0.264 e. The van der Waals surface area contributed by atoms with Gasteiger partial charge in [-0.1, -0.05) is 6.07 Å². The summed E-state index contributed by atoms with van der Waals surface area (Å²) in [5.41, 5.74) is 0. The Morgan fingerprint density at radius 2 is 2.30 bits per heavy atom. The summed E-state index contributed by atoms with van der Waals surface area (Å²) in [5.74, 6) is -0.702. The van der Waals surface area contributed by atoms with Gasteiger partial charge in [-0.15, -0.1) is 11.3 Å². The number of benzene rings is 1. The largest absolute Gasteiger partial charge is 0.353 e. The first-order chi connectivity index (χ1) is 9.58. The van der Waals surface area contributed by atoms with Crippen molar-refractivity contribution in [1.29, 1.82) is 0 Å². The maximum atomic E-state index is 13.7. The van der Waals surface area contributed by atoms with Gasteiger partial charge in [-0.3, -0.25) is 9.59 Å². The van der Waals surface area contributed by atoms with Crippen molar-refractivity contribution in [1.82, 2.24) is 10.2 Å². The highest BCUT2D eigenvalue weighted by atomic mass is 32.1. The number of piperazine rings is 1. The lowest BCUT2D eigenvalue weighted by Crippen LogP contribution is -2.55. The van der Waals surface area contributed by atoms with Gasteiger partial charge in [0.2, 0.25) is 5.91 Å². The second-order valence-electron chi connectivity index (χ2n) is 4.73. The number of nitrogens with zero attached hydrogens (tertiary/aromatic N) is 1. The van der Waals surface area contributed by atoms with Gasteiger partial charge in [-0.05, 0) is 25.1 Å². The molecule has 0 bridgehead atoms. The highest BCUT2D eigenvalue weighted by Crippen LogP contribution is 2.29. The van der Waals surface area contributed by atoms with Gasteiger partial charge in [0.25, 0.3) is 5.91 Å². The maximum Gasteiger partial charge on any atom is 0.264 e. The first kappa shape index (κ1) is 13.1. The van der Waals surface area contributed by atoms with Gasteiger partial charge in [-0.25, -0.2) is 4.39 Å². The molecule has 1 aromatic heterocycles. The van der Waals surface area contributed by atoms with Crippen molar-refractivity contribution in [3.05, 3.63) is 35.0 Å². The van der Waals surface area contributed by atoms with E-state index in [1.54, 1.807) is 25.1 Å². The molecule has 3 rings (SSSR count). The van der Waals surface area contributed by atoms with Crippen LogP contribution in [-0.2, 0) is 4.79 Å². The van der Waals surface area contributed by atoms with Gasteiger partial charge in [0.1, 0.15) is 11.9 Å². The van der Waals surface area contributed by atoms with Gasteiger partial charge in [0, 0.05) is 23.2 Å². The van der Waals surface area contributed by atoms with E-state index in [1.165, 1.54) is 22.3 Å². The number of nitrogens with one attached hydrogen (secondary N) is 1. The normalized spacial score (nSPS) is 19.2. The molecular formula is C14H13FN2O2S. The summed E-state index contributed by atoms with van der Waals surface area (Å²) in [6, 6.07) is 5.86. The van der Waals surface area contributed by atoms with E-state index in [-0.39, 0.29) is 17.6 Å². The third-order valence-electron chi connectivity index (χ3n) is 3.48. The number of halogens is 1. The van der Waals surface area contributed by atoms with Crippen molar-refractivity contribution in [3.8, 4) is 0 Å². The van der Waals surface area contributed by atoms with Crippen LogP contribution in [0.5, 0.6) is 0 Å². The van der Waals surface area contributed by atoms with Crippen LogP contribution in [0.1, 0.15) is 16.6 Å². The summed E-state index contributed by atoms with van der Waals surface area (Å²) in [6.45, 7) is 2.62. The molecule has 1 saturated heterocycles. The van der Waals surface area contributed by atoms with Gasteiger partial charge in [0.15, 0.2) is 0 Å². The lowest BCUT2D eigenvalue weighted by Gasteiger charge is -2.32. The predicted molar refractivity (Wildman–Crippen MR) is 75.3 cm³/mol. The molecule has 1 aliphatic rings. The Balaban J connectivity index is 1.96. The molecule has 104 valence electrons. The fraction of sp³-hybridized carbons (Fsp3) is 0.286. The van der Waals surface area contributed by atoms with E-state index >= 15 is 0 Å². The minimum absolute atomic E-state index is 0.156. The van der Waals surface area contributed by atoms with E-state index in [9.17, 15) is 14.0 Å². The minimum Gasteiger partial charge on any atom is -0.353 e. The lowest BCUT2D eigenvalue weighted by molar-refractivity contribution is -0.127. The average Bonchev–Trinajstić information content (AvgIpc) is 2.87. The Morgan fingerprint density at radius 3 is 3.05 bits per heavy atom. The molecule has 0 radical (unpaired) electrons. The quantitative estimate of drug-likeness (QED) is 0.874. The van der Waals surface area contributed by atoms with Gasteiger partial charge >= 0.3 is 0 Å². The van der Waals surface area contributed by atoms with E-state index in [2.05, 4.69) is 5.32 Å². The molecule has 1 aliphatic heterocycles. The zero-order valence-corrected chi connectivity index (χ0v) is 11.7. The maximum absolute atomic E-state index is 13.7. The fourth-order valence-electron chi connectivity index (χ4n) is 2.33. The second kappa shape index (κ2) is 4.86. The minimum atomic E-state index is -0.494. The number of rotatable bonds is 1. The average molecular weight is 292 g/mol. The molecular weight excluding hydrogens is 279 g/mol. The number of thiophene rings is 1. The van der Waals surface area contributed by atoms with Crippen molar-refractivity contribution in [2.45, 2.75) is 13.0 Å². The van der Waals surface area contributed by atoms with Crippen LogP contribution in [0.4, 0.5) is 4.39 Å². The summed E-state index contributed by atoms with van der Waals surface area (Å²) < 4.78 is 14.4. The van der Waals surface area contributed by atoms with Crippen molar-refractivity contribution >= 4 is 33.2 Å². The number of hydrogen-bond acceptors (Lipinski definition) is 3. The van der Waals surface area contributed by atoms with Crippen LogP contribution in [0.2, 0.25) is 0 Å². The Morgan fingerprint density at radius 1 is 1.50 bits per heavy atom. The number of amides is 2. The molecule has 6 heteroatoms. The van der Waals surface area contributed by atoms with E-state index in [4.69, 9.17) is 0 Å². The number of carbonyl (C=O) groups is 2. The number of hydrogen-bond donors (Lipinski definition) is 1. The molecule has 1 aromatic carbocycles. The topological polar surface area (TPSA) is 49.4 Å². The van der Waals surface area contributed by atoms with E-state index in [0.717, 1.165) is 4.70 Å². The Kier molecular flexibility index (Phi) is 3.17. The summed E-state index contributed by atoms with van der Waals surface area (Å²) in [4.78, 5) is 26.1. The molecule has 0 aliphatic carbocycles. The Labute approximate surface area is 119 Å². The van der Waals surface area contributed by atoms with Crippen molar-refractivity contribution in [2.24, 2.45) is 0 Å². The molecule has 1 unspecified atom stereocenters. The SMILES string of the molecule is CC1C(=O)NCCN1C(=O)c1cc2c(F)cccc2s1. The third kappa shape index (κ3) is 2.06. The van der Waals surface area contributed by atoms with Gasteiger partial charge < -0.3 is 10.2 Å². The zero-order chi connectivity index (χ0) is 14.3. The van der Waals surface area contributed by atoms with Crippen molar-refractivity contribution in [2.75, 3.05) is 13.1 Å². The second-order valence-corrected chi connectivity index (χ2v) is 5.81. The van der Waals surface area contributed by atoms with E-state index < -0.39 is 6.04 Å². The van der Waals surface area contributed by atoms with Crippen LogP contribution in [0.25, 0.3) is 10.1 Å². The first-order valence-corrected chi connectivity index (χ1v) is 7.16. The Hall–Kier alpha value is -1.95. The molecule has 1 atom stereocenters. The fourth-order valence-corrected chi connectivity index (χ4v) is 3.36. The van der Waals surface area contributed by atoms with Crippen LogP contribution in [0.3, 0.4) is 0 Å². The molecule has 1 N–H and O–H groups in total. The molecule has 2 heterocycles. The first-order valence-electron chi connectivity index (χ1n) is 6.34. The molecule has 0 spiro atoms. The third-order valence-corrected chi connectivity index (χ3v) is 4.57. The van der Waals surface area contributed by atoms with Crippen LogP contribution in [-0.4, -0.2) is 35.8 Å². The van der Waals surface area contributed by atoms with Crippen molar-refractivity contribution in [3.63, 3.8) is 0 Å². The molecule has 2 amide bonds. The highest BCUT2D eigenvalue weighted by molar-refractivity contribution is 7.20. The summed E-state index contributed by atoms with van der Waals surface area (Å²) in [7, 11) is 0. The summed E-state index contributed by atoms with van der Waals surface area (Å²) in [6.07, 6.45) is 0. The number of carbonyl (C=O) groups excluding carboxylic acids is 2. The lowest BCUT2D eigenvalue weighted by atomic mass is 10.2. The van der Waals surface area contributed by atoms with Crippen LogP contribution in [0.15, 0.2) is 24.3 Å². The van der Waals surface area contributed by atoms with E-state index in [0.29, 0.717) is 23.4 Å². The molecule has 20 heavy (non-hydrogen) atoms. The molecule has 4 nitrogen and oxygen atoms in total. The summed E-state index contributed by atoms with van der Waals surface area (Å²) >= 11 is 1.25. The summed E-state index contributed by atoms with van der Waals surface area (Å²) in [5, 5.41) is 3.17. The molecule has 1 fully saturated rings. The van der Waals surface area contributed by atoms with Crippen LogP contribution < -0.4 is 5.32 Å². The van der Waals surface area contributed by atoms with Gasteiger partial charge in [0.05, 0.1) is 4.88 Å². The molecule has 2 aromatic rings. The highest BCUT2D eigenvalue weighted by Gasteiger charge is 2.30. The van der Waals surface area contributed by atoms with Crippen molar-refractivity contribution < 1.29 is 14.0 Å². The standard InChI is InChI=1S/C14H13FN2O2S/c1-8-13(18)16-5-6-17(8)14(19)12-7-9-10(15)3-2-4-11(9)20-12/h2-4,7-8H,5-6H2,1H3,(H,16,18). The zero-order valence-electron chi connectivity index (χ0n) is 10.9. The van der Waals surface area contributed by atoms with E-state index in [1.807, 2.05) is 0 Å². The Bertz CT molecular complexity index is 698. The number of fused-ring (bicyclic) bond motifs is 1. The van der Waals surface area contributed by atoms with Crippen LogP contribution >= 0.6 is 11.3 Å². The monoisotopic (exact) mass is 292 g/mol. The van der Waals surface area contributed by atoms with Crippen LogP contribution in [0, 0.1) is 5.82 Å². The van der Waals surface area contributed by atoms with Gasteiger partial charge in [-0.2, -0.15) is 0 Å².